The SMILES string of the molecule is CC(C)c1ncc(N(C)Cc2ccc(Cl)s2)c(CCl)n1. The van der Waals surface area contributed by atoms with E-state index in [2.05, 4.69) is 28.7 Å². The van der Waals surface area contributed by atoms with E-state index in [1.165, 1.54) is 4.88 Å². The van der Waals surface area contributed by atoms with Gasteiger partial charge in [0.15, 0.2) is 0 Å². The number of hydrogen-bond donors (Lipinski definition) is 0. The maximum Gasteiger partial charge on any atom is 0.131 e. The minimum absolute atomic E-state index is 0.299. The van der Waals surface area contributed by atoms with E-state index in [0.29, 0.717) is 11.8 Å². The zero-order chi connectivity index (χ0) is 14.7. The molecule has 108 valence electrons. The standard InChI is InChI=1S/C14H17Cl2N3S/c1-9(2)14-17-7-12(11(6-15)18-14)19(3)8-10-4-5-13(16)20-10/h4-5,7,9H,6,8H2,1-3H3. The molecule has 2 aromatic rings. The third-order valence-corrected chi connectivity index (χ3v) is 4.41. The average Bonchev–Trinajstić information content (AvgIpc) is 2.83. The molecule has 20 heavy (non-hydrogen) atoms. The highest BCUT2D eigenvalue weighted by Gasteiger charge is 2.13. The summed E-state index contributed by atoms with van der Waals surface area (Å²) in [4.78, 5) is 12.3. The smallest absolute Gasteiger partial charge is 0.131 e. The summed E-state index contributed by atoms with van der Waals surface area (Å²) < 4.78 is 0.803. The Morgan fingerprint density at radius 2 is 2.10 bits per heavy atom. The first-order valence-corrected chi connectivity index (χ1v) is 8.11. The van der Waals surface area contributed by atoms with E-state index in [4.69, 9.17) is 23.2 Å². The van der Waals surface area contributed by atoms with Crippen molar-refractivity contribution in [2.75, 3.05) is 11.9 Å². The number of rotatable bonds is 5. The Balaban J connectivity index is 2.22. The number of anilines is 1. The molecule has 0 aliphatic rings. The molecule has 2 rings (SSSR count). The highest BCUT2D eigenvalue weighted by atomic mass is 35.5. The summed E-state index contributed by atoms with van der Waals surface area (Å²) in [6, 6.07) is 3.95. The lowest BCUT2D eigenvalue weighted by Gasteiger charge is -2.21. The second kappa shape index (κ2) is 6.74. The van der Waals surface area contributed by atoms with Crippen LogP contribution in [0.25, 0.3) is 0 Å². The second-order valence-corrected chi connectivity index (χ2v) is 6.98. The molecule has 0 amide bonds. The summed E-state index contributed by atoms with van der Waals surface area (Å²) in [6.07, 6.45) is 1.86. The lowest BCUT2D eigenvalue weighted by atomic mass is 10.2. The molecular formula is C14H17Cl2N3S. The molecule has 0 fully saturated rings. The number of nitrogens with zero attached hydrogens (tertiary/aromatic N) is 3. The van der Waals surface area contributed by atoms with E-state index < -0.39 is 0 Å². The van der Waals surface area contributed by atoms with Crippen LogP contribution in [-0.4, -0.2) is 17.0 Å². The predicted molar refractivity (Wildman–Crippen MR) is 87.1 cm³/mol. The Kier molecular flexibility index (Phi) is 5.24. The normalized spacial score (nSPS) is 11.1. The van der Waals surface area contributed by atoms with Gasteiger partial charge in [0.2, 0.25) is 0 Å². The van der Waals surface area contributed by atoms with E-state index in [1.807, 2.05) is 25.4 Å². The van der Waals surface area contributed by atoms with Gasteiger partial charge in [-0.05, 0) is 12.1 Å². The Morgan fingerprint density at radius 3 is 2.65 bits per heavy atom. The van der Waals surface area contributed by atoms with Crippen LogP contribution in [0.1, 0.15) is 36.2 Å². The second-order valence-electron chi connectivity index (χ2n) is 4.91. The van der Waals surface area contributed by atoms with Gasteiger partial charge in [-0.15, -0.1) is 22.9 Å². The molecule has 2 aromatic heterocycles. The van der Waals surface area contributed by atoms with Gasteiger partial charge in [0.05, 0.1) is 34.3 Å². The predicted octanol–water partition coefficient (Wildman–Crippen LogP) is 4.69. The Labute approximate surface area is 133 Å². The number of halogens is 2. The van der Waals surface area contributed by atoms with Crippen LogP contribution in [0.2, 0.25) is 4.34 Å². The van der Waals surface area contributed by atoms with Gasteiger partial charge >= 0.3 is 0 Å². The molecular weight excluding hydrogens is 313 g/mol. The Hall–Kier alpha value is -0.840. The first-order valence-electron chi connectivity index (χ1n) is 6.38. The van der Waals surface area contributed by atoms with Crippen LogP contribution in [0.4, 0.5) is 5.69 Å². The van der Waals surface area contributed by atoms with E-state index in [9.17, 15) is 0 Å². The number of alkyl halides is 1. The zero-order valence-corrected chi connectivity index (χ0v) is 14.1. The average molecular weight is 330 g/mol. The lowest BCUT2D eigenvalue weighted by molar-refractivity contribution is 0.759. The summed E-state index contributed by atoms with van der Waals surface area (Å²) in [5, 5.41) is 0. The van der Waals surface area contributed by atoms with E-state index >= 15 is 0 Å². The monoisotopic (exact) mass is 329 g/mol. The molecule has 0 aliphatic heterocycles. The molecule has 2 heterocycles. The maximum absolute atomic E-state index is 6.02. The van der Waals surface area contributed by atoms with Gasteiger partial charge in [-0.2, -0.15) is 0 Å². The van der Waals surface area contributed by atoms with Crippen molar-refractivity contribution in [1.82, 2.24) is 9.97 Å². The van der Waals surface area contributed by atoms with Gasteiger partial charge in [-0.3, -0.25) is 0 Å². The van der Waals surface area contributed by atoms with E-state index in [0.717, 1.165) is 28.1 Å². The van der Waals surface area contributed by atoms with Crippen LogP contribution >= 0.6 is 34.5 Å². The van der Waals surface area contributed by atoms with Crippen molar-refractivity contribution < 1.29 is 0 Å². The summed E-state index contributed by atoms with van der Waals surface area (Å²) >= 11 is 13.6. The molecule has 0 N–H and O–H groups in total. The third kappa shape index (κ3) is 3.62. The van der Waals surface area contributed by atoms with Crippen molar-refractivity contribution in [3.05, 3.63) is 39.1 Å². The largest absolute Gasteiger partial charge is 0.367 e. The van der Waals surface area contributed by atoms with E-state index in [-0.39, 0.29) is 0 Å². The van der Waals surface area contributed by atoms with Crippen LogP contribution in [0.3, 0.4) is 0 Å². The van der Waals surface area contributed by atoms with Gasteiger partial charge in [0.25, 0.3) is 0 Å². The molecule has 0 unspecified atom stereocenters. The van der Waals surface area contributed by atoms with Crippen molar-refractivity contribution in [3.63, 3.8) is 0 Å². The number of aromatic nitrogens is 2. The van der Waals surface area contributed by atoms with Crippen molar-refractivity contribution in [2.24, 2.45) is 0 Å². The van der Waals surface area contributed by atoms with Gasteiger partial charge in [0.1, 0.15) is 5.82 Å². The number of hydrogen-bond acceptors (Lipinski definition) is 4. The van der Waals surface area contributed by atoms with Crippen LogP contribution in [-0.2, 0) is 12.4 Å². The van der Waals surface area contributed by atoms with Crippen molar-refractivity contribution in [1.29, 1.82) is 0 Å². The molecule has 0 spiro atoms. The van der Waals surface area contributed by atoms with Crippen LogP contribution in [0.15, 0.2) is 18.3 Å². The van der Waals surface area contributed by atoms with Gasteiger partial charge in [-0.1, -0.05) is 25.4 Å². The van der Waals surface area contributed by atoms with Crippen LogP contribution in [0, 0.1) is 0 Å². The third-order valence-electron chi connectivity index (χ3n) is 2.94. The lowest BCUT2D eigenvalue weighted by Crippen LogP contribution is -2.19. The summed E-state index contributed by atoms with van der Waals surface area (Å²) in [5.74, 6) is 1.51. The molecule has 3 nitrogen and oxygen atoms in total. The van der Waals surface area contributed by atoms with Gasteiger partial charge < -0.3 is 4.90 Å². The first kappa shape index (κ1) is 15.5. The molecule has 0 bridgehead atoms. The van der Waals surface area contributed by atoms with Crippen molar-refractivity contribution in [2.45, 2.75) is 32.2 Å². The van der Waals surface area contributed by atoms with Crippen LogP contribution < -0.4 is 4.90 Å². The first-order chi connectivity index (χ1) is 9.51. The van der Waals surface area contributed by atoms with Crippen molar-refractivity contribution >= 4 is 40.2 Å². The van der Waals surface area contributed by atoms with Gasteiger partial charge in [0, 0.05) is 17.8 Å². The molecule has 0 aliphatic carbocycles. The fourth-order valence-electron chi connectivity index (χ4n) is 1.88. The van der Waals surface area contributed by atoms with Crippen LogP contribution in [0.5, 0.6) is 0 Å². The fourth-order valence-corrected chi connectivity index (χ4v) is 3.22. The highest BCUT2D eigenvalue weighted by molar-refractivity contribution is 7.16. The minimum atomic E-state index is 0.299. The molecule has 0 atom stereocenters. The number of thiophene rings is 1. The maximum atomic E-state index is 6.02. The van der Waals surface area contributed by atoms with Crippen molar-refractivity contribution in [3.8, 4) is 0 Å². The molecule has 0 aromatic carbocycles. The molecule has 0 radical (unpaired) electrons. The quantitative estimate of drug-likeness (QED) is 0.745. The summed E-state index contributed by atoms with van der Waals surface area (Å²) in [5.41, 5.74) is 1.84. The summed E-state index contributed by atoms with van der Waals surface area (Å²) in [6.45, 7) is 4.92. The molecule has 0 saturated heterocycles. The topological polar surface area (TPSA) is 29.0 Å². The van der Waals surface area contributed by atoms with Gasteiger partial charge in [-0.25, -0.2) is 9.97 Å². The summed E-state index contributed by atoms with van der Waals surface area (Å²) in [7, 11) is 2.01. The van der Waals surface area contributed by atoms with E-state index in [1.54, 1.807) is 11.3 Å². The highest BCUT2D eigenvalue weighted by Crippen LogP contribution is 2.26. The fraction of sp³-hybridized carbons (Fsp3) is 0.429. The Morgan fingerprint density at radius 1 is 1.35 bits per heavy atom. The Bertz CT molecular complexity index is 584. The molecule has 0 saturated carbocycles. The minimum Gasteiger partial charge on any atom is -0.367 e. The molecule has 6 heteroatoms. The zero-order valence-electron chi connectivity index (χ0n) is 11.7.